The number of aromatic carboxylic acids is 1. The molecule has 0 amide bonds. The average Bonchev–Trinajstić information content (AvgIpc) is 2.85. The second kappa shape index (κ2) is 10.1. The number of ether oxygens (including phenoxy) is 3. The first-order valence-corrected chi connectivity index (χ1v) is 9.94. The molecule has 1 heterocycles. The van der Waals surface area contributed by atoms with Gasteiger partial charge in [0.25, 0.3) is 0 Å². The summed E-state index contributed by atoms with van der Waals surface area (Å²) in [5.41, 5.74) is 0.945. The number of para-hydroxylation sites is 1. The zero-order chi connectivity index (χ0) is 23.9. The zero-order valence-electron chi connectivity index (χ0n) is 17.8. The normalized spacial score (nSPS) is 10.3. The SMILES string of the molecule is COc1cc(C=O)ccc1Oc1nc(Nc2cccc(C(=O)O)c2)nc(Oc2ccccc2)n1. The number of hydrogen-bond donors (Lipinski definition) is 2. The van der Waals surface area contributed by atoms with E-state index in [-0.39, 0.29) is 29.3 Å². The van der Waals surface area contributed by atoms with E-state index in [2.05, 4.69) is 20.3 Å². The highest BCUT2D eigenvalue weighted by Gasteiger charge is 2.14. The van der Waals surface area contributed by atoms with E-state index in [1.807, 2.05) is 6.07 Å². The number of nitrogens with zero attached hydrogens (tertiary/aromatic N) is 3. The molecule has 1 aromatic heterocycles. The fourth-order valence-corrected chi connectivity index (χ4v) is 2.88. The fourth-order valence-electron chi connectivity index (χ4n) is 2.88. The van der Waals surface area contributed by atoms with Gasteiger partial charge in [-0.1, -0.05) is 24.3 Å². The summed E-state index contributed by atoms with van der Waals surface area (Å²) < 4.78 is 16.8. The first kappa shape index (κ1) is 22.2. The number of carbonyl (C=O) groups is 2. The fraction of sp³-hybridized carbons (Fsp3) is 0.0417. The predicted octanol–water partition coefficient (Wildman–Crippen LogP) is 4.72. The van der Waals surface area contributed by atoms with E-state index in [1.165, 1.54) is 25.3 Å². The van der Waals surface area contributed by atoms with Crippen molar-refractivity contribution >= 4 is 23.9 Å². The first-order valence-electron chi connectivity index (χ1n) is 9.94. The number of benzene rings is 3. The third kappa shape index (κ3) is 5.43. The van der Waals surface area contributed by atoms with Gasteiger partial charge in [0.15, 0.2) is 11.5 Å². The van der Waals surface area contributed by atoms with Crippen molar-refractivity contribution in [3.63, 3.8) is 0 Å². The van der Waals surface area contributed by atoms with Crippen molar-refractivity contribution in [3.05, 3.63) is 83.9 Å². The number of hydrogen-bond acceptors (Lipinski definition) is 9. The molecule has 0 atom stereocenters. The van der Waals surface area contributed by atoms with Gasteiger partial charge in [0, 0.05) is 11.3 Å². The average molecular weight is 458 g/mol. The minimum absolute atomic E-state index is 0.0574. The van der Waals surface area contributed by atoms with Crippen molar-refractivity contribution in [2.24, 2.45) is 0 Å². The van der Waals surface area contributed by atoms with Crippen molar-refractivity contribution in [2.75, 3.05) is 12.4 Å². The van der Waals surface area contributed by atoms with E-state index < -0.39 is 5.97 Å². The third-order valence-electron chi connectivity index (χ3n) is 4.44. The van der Waals surface area contributed by atoms with E-state index in [1.54, 1.807) is 48.5 Å². The molecular formula is C24H18N4O6. The second-order valence-corrected chi connectivity index (χ2v) is 6.78. The van der Waals surface area contributed by atoms with E-state index >= 15 is 0 Å². The Hall–Kier alpha value is -4.99. The number of methoxy groups -OCH3 is 1. The quantitative estimate of drug-likeness (QED) is 0.339. The standard InChI is InChI=1S/C24H18N4O6/c1-32-20-12-15(14-29)10-11-19(20)34-24-27-22(25-17-7-5-6-16(13-17)21(30)31)26-23(28-24)33-18-8-3-2-4-9-18/h2-14H,1H3,(H,30,31)(H,25,26,27,28). The first-order chi connectivity index (χ1) is 16.5. The lowest BCUT2D eigenvalue weighted by Crippen LogP contribution is -2.05. The van der Waals surface area contributed by atoms with Crippen molar-refractivity contribution in [3.8, 4) is 29.3 Å². The minimum Gasteiger partial charge on any atom is -0.493 e. The molecule has 4 aromatic rings. The van der Waals surface area contributed by atoms with Crippen LogP contribution in [0.4, 0.5) is 11.6 Å². The van der Waals surface area contributed by atoms with Crippen LogP contribution in [0.15, 0.2) is 72.8 Å². The minimum atomic E-state index is -1.07. The smallest absolute Gasteiger partial charge is 0.335 e. The highest BCUT2D eigenvalue weighted by atomic mass is 16.5. The van der Waals surface area contributed by atoms with Gasteiger partial charge in [-0.2, -0.15) is 9.97 Å². The molecule has 4 rings (SSSR count). The molecule has 0 aliphatic rings. The molecule has 0 bridgehead atoms. The molecule has 170 valence electrons. The summed E-state index contributed by atoms with van der Waals surface area (Å²) in [6.07, 6.45) is 0.689. The summed E-state index contributed by atoms with van der Waals surface area (Å²) in [6, 6.07) is 19.5. The number of nitrogens with one attached hydrogen (secondary N) is 1. The molecular weight excluding hydrogens is 440 g/mol. The molecule has 0 saturated heterocycles. The van der Waals surface area contributed by atoms with Gasteiger partial charge in [0.1, 0.15) is 12.0 Å². The maximum absolute atomic E-state index is 11.3. The number of anilines is 2. The van der Waals surface area contributed by atoms with Gasteiger partial charge in [0.2, 0.25) is 5.95 Å². The molecule has 3 aromatic carbocycles. The molecule has 10 heteroatoms. The van der Waals surface area contributed by atoms with Crippen LogP contribution in [0.3, 0.4) is 0 Å². The Morgan fingerprint density at radius 1 is 0.882 bits per heavy atom. The number of carboxylic acid groups (broad SMARTS) is 1. The van der Waals surface area contributed by atoms with Gasteiger partial charge in [-0.15, -0.1) is 4.98 Å². The number of aromatic nitrogens is 3. The van der Waals surface area contributed by atoms with Crippen LogP contribution in [-0.4, -0.2) is 39.4 Å². The molecule has 0 saturated carbocycles. The molecule has 0 radical (unpaired) electrons. The molecule has 10 nitrogen and oxygen atoms in total. The Morgan fingerprint density at radius 2 is 1.65 bits per heavy atom. The largest absolute Gasteiger partial charge is 0.493 e. The van der Waals surface area contributed by atoms with Crippen LogP contribution in [0.25, 0.3) is 0 Å². The van der Waals surface area contributed by atoms with E-state index in [0.717, 1.165) is 0 Å². The highest BCUT2D eigenvalue weighted by Crippen LogP contribution is 2.32. The lowest BCUT2D eigenvalue weighted by Gasteiger charge is -2.12. The zero-order valence-corrected chi connectivity index (χ0v) is 17.8. The van der Waals surface area contributed by atoms with E-state index in [4.69, 9.17) is 14.2 Å². The lowest BCUT2D eigenvalue weighted by atomic mass is 10.2. The maximum Gasteiger partial charge on any atom is 0.335 e. The van der Waals surface area contributed by atoms with Crippen LogP contribution in [-0.2, 0) is 0 Å². The Labute approximate surface area is 193 Å². The summed E-state index contributed by atoms with van der Waals surface area (Å²) in [4.78, 5) is 35.0. The molecule has 2 N–H and O–H groups in total. The van der Waals surface area contributed by atoms with Crippen molar-refractivity contribution in [1.29, 1.82) is 0 Å². The predicted molar refractivity (Wildman–Crippen MR) is 121 cm³/mol. The van der Waals surface area contributed by atoms with Crippen LogP contribution in [0.2, 0.25) is 0 Å². The third-order valence-corrected chi connectivity index (χ3v) is 4.44. The molecule has 34 heavy (non-hydrogen) atoms. The molecule has 0 aliphatic heterocycles. The topological polar surface area (TPSA) is 133 Å². The highest BCUT2D eigenvalue weighted by molar-refractivity contribution is 5.89. The van der Waals surface area contributed by atoms with Gasteiger partial charge < -0.3 is 24.6 Å². The molecule has 0 spiro atoms. The van der Waals surface area contributed by atoms with Crippen molar-refractivity contribution in [1.82, 2.24) is 15.0 Å². The van der Waals surface area contributed by atoms with Crippen LogP contribution in [0.5, 0.6) is 29.3 Å². The van der Waals surface area contributed by atoms with Gasteiger partial charge >= 0.3 is 18.0 Å². The number of aldehydes is 1. The van der Waals surface area contributed by atoms with Crippen LogP contribution in [0, 0.1) is 0 Å². The van der Waals surface area contributed by atoms with Gasteiger partial charge in [0.05, 0.1) is 12.7 Å². The number of carboxylic acids is 1. The van der Waals surface area contributed by atoms with Crippen molar-refractivity contribution < 1.29 is 28.9 Å². The summed E-state index contributed by atoms with van der Waals surface area (Å²) in [6.45, 7) is 0. The Bertz CT molecular complexity index is 1330. The molecule has 0 unspecified atom stereocenters. The second-order valence-electron chi connectivity index (χ2n) is 6.78. The van der Waals surface area contributed by atoms with E-state index in [9.17, 15) is 14.7 Å². The van der Waals surface area contributed by atoms with Crippen LogP contribution in [0.1, 0.15) is 20.7 Å². The summed E-state index contributed by atoms with van der Waals surface area (Å²) in [5.74, 6) is 0.0543. The summed E-state index contributed by atoms with van der Waals surface area (Å²) >= 11 is 0. The van der Waals surface area contributed by atoms with Gasteiger partial charge in [-0.05, 0) is 48.5 Å². The van der Waals surface area contributed by atoms with E-state index in [0.29, 0.717) is 29.0 Å². The molecule has 0 fully saturated rings. The monoisotopic (exact) mass is 458 g/mol. The summed E-state index contributed by atoms with van der Waals surface area (Å²) in [7, 11) is 1.44. The number of rotatable bonds is 9. The van der Waals surface area contributed by atoms with Gasteiger partial charge in [-0.3, -0.25) is 4.79 Å². The van der Waals surface area contributed by atoms with Crippen LogP contribution >= 0.6 is 0 Å². The Balaban J connectivity index is 1.69. The van der Waals surface area contributed by atoms with Crippen molar-refractivity contribution in [2.45, 2.75) is 0 Å². The number of carbonyl (C=O) groups excluding carboxylic acids is 1. The molecule has 0 aliphatic carbocycles. The van der Waals surface area contributed by atoms with Crippen LogP contribution < -0.4 is 19.5 Å². The lowest BCUT2D eigenvalue weighted by molar-refractivity contribution is 0.0696. The summed E-state index contributed by atoms with van der Waals surface area (Å²) in [5, 5.41) is 12.2. The Morgan fingerprint density at radius 3 is 2.35 bits per heavy atom. The Kier molecular flexibility index (Phi) is 6.59. The van der Waals surface area contributed by atoms with Gasteiger partial charge in [-0.25, -0.2) is 4.79 Å². The maximum atomic E-state index is 11.3.